The highest BCUT2D eigenvalue weighted by Gasteiger charge is 2.17. The summed E-state index contributed by atoms with van der Waals surface area (Å²) >= 11 is 1.53. The van der Waals surface area contributed by atoms with Crippen LogP contribution >= 0.6 is 11.3 Å². The van der Waals surface area contributed by atoms with E-state index in [0.29, 0.717) is 11.3 Å². The fourth-order valence-corrected chi connectivity index (χ4v) is 4.05. The Kier molecular flexibility index (Phi) is 6.06. The summed E-state index contributed by atoms with van der Waals surface area (Å²) in [4.78, 5) is 31.5. The number of benzene rings is 1. The van der Waals surface area contributed by atoms with Gasteiger partial charge in [0.15, 0.2) is 0 Å². The molecule has 27 heavy (non-hydrogen) atoms. The minimum absolute atomic E-state index is 0.0273. The topological polar surface area (TPSA) is 64.0 Å². The predicted octanol–water partition coefficient (Wildman–Crippen LogP) is 3.92. The van der Waals surface area contributed by atoms with Crippen LogP contribution in [0, 0.1) is 5.92 Å². The van der Waals surface area contributed by atoms with Gasteiger partial charge in [-0.25, -0.2) is 4.98 Å². The minimum atomic E-state index is -0.182. The second-order valence-corrected chi connectivity index (χ2v) is 8.24. The third kappa shape index (κ3) is 4.63. The van der Waals surface area contributed by atoms with Crippen molar-refractivity contribution in [2.75, 3.05) is 0 Å². The molecule has 1 aromatic carbocycles. The molecule has 1 unspecified atom stereocenters. The largest absolute Gasteiger partial charge is 0.348 e. The molecule has 1 N–H and O–H groups in total. The summed E-state index contributed by atoms with van der Waals surface area (Å²) in [7, 11) is 0. The quantitative estimate of drug-likeness (QED) is 0.672. The number of hydrogen-bond acceptors (Lipinski definition) is 4. The van der Waals surface area contributed by atoms with Crippen LogP contribution in [0.4, 0.5) is 0 Å². The van der Waals surface area contributed by atoms with E-state index in [1.54, 1.807) is 0 Å². The molecule has 0 radical (unpaired) electrons. The van der Waals surface area contributed by atoms with Gasteiger partial charge < -0.3 is 5.32 Å². The van der Waals surface area contributed by atoms with Crippen molar-refractivity contribution < 1.29 is 4.79 Å². The van der Waals surface area contributed by atoms with Gasteiger partial charge in [-0.15, -0.1) is 11.3 Å². The monoisotopic (exact) mass is 383 g/mol. The first-order chi connectivity index (χ1) is 13.0. The molecule has 0 spiro atoms. The highest BCUT2D eigenvalue weighted by Crippen LogP contribution is 2.22. The molecule has 0 aliphatic rings. The molecule has 3 rings (SSSR count). The van der Waals surface area contributed by atoms with E-state index < -0.39 is 0 Å². The van der Waals surface area contributed by atoms with E-state index in [0.717, 1.165) is 28.1 Å². The van der Waals surface area contributed by atoms with Crippen molar-refractivity contribution in [3.63, 3.8) is 0 Å². The summed E-state index contributed by atoms with van der Waals surface area (Å²) in [6, 6.07) is 11.8. The number of fused-ring (bicyclic) bond motifs is 1. The Morgan fingerprint density at radius 1 is 1.26 bits per heavy atom. The lowest BCUT2D eigenvalue weighted by Crippen LogP contribution is -2.35. The number of nitrogens with one attached hydrogen (secondary N) is 1. The second-order valence-electron chi connectivity index (χ2n) is 7.12. The molecule has 2 aromatic heterocycles. The van der Waals surface area contributed by atoms with Crippen LogP contribution in [0.15, 0.2) is 47.5 Å². The number of carbonyl (C=O) groups is 1. The lowest BCUT2D eigenvalue weighted by Gasteiger charge is -2.21. The summed E-state index contributed by atoms with van der Waals surface area (Å²) < 4.78 is 1.39. The molecule has 3 aromatic rings. The Morgan fingerprint density at radius 2 is 2.00 bits per heavy atom. The maximum Gasteiger partial charge on any atom is 0.262 e. The Labute approximate surface area is 163 Å². The molecule has 0 saturated carbocycles. The summed E-state index contributed by atoms with van der Waals surface area (Å²) in [5.74, 6) is 0.258. The molecular formula is C21H25N3O2S. The van der Waals surface area contributed by atoms with Crippen LogP contribution in [0.2, 0.25) is 0 Å². The Hall–Kier alpha value is -2.47. The van der Waals surface area contributed by atoms with E-state index in [-0.39, 0.29) is 24.1 Å². The highest BCUT2D eigenvalue weighted by molar-refractivity contribution is 7.18. The van der Waals surface area contributed by atoms with Gasteiger partial charge in [-0.2, -0.15) is 0 Å². The maximum absolute atomic E-state index is 12.7. The molecule has 1 amide bonds. The Balaban J connectivity index is 1.78. The number of carbonyl (C=O) groups excluding carboxylic acids is 1. The summed E-state index contributed by atoms with van der Waals surface area (Å²) in [5, 5.41) is 3.67. The average Bonchev–Trinajstić information content (AvgIpc) is 3.08. The Morgan fingerprint density at radius 3 is 2.67 bits per heavy atom. The van der Waals surface area contributed by atoms with Gasteiger partial charge in [0.2, 0.25) is 5.91 Å². The van der Waals surface area contributed by atoms with Crippen LogP contribution in [0.25, 0.3) is 10.2 Å². The molecule has 5 nitrogen and oxygen atoms in total. The van der Waals surface area contributed by atoms with Crippen LogP contribution < -0.4 is 10.9 Å². The normalized spacial score (nSPS) is 12.4. The number of amides is 1. The number of nitrogens with zero attached hydrogens (tertiary/aromatic N) is 2. The lowest BCUT2D eigenvalue weighted by molar-refractivity contribution is -0.122. The average molecular weight is 384 g/mol. The molecule has 142 valence electrons. The number of rotatable bonds is 7. The van der Waals surface area contributed by atoms with Crippen molar-refractivity contribution in [3.05, 3.63) is 63.5 Å². The maximum atomic E-state index is 12.7. The minimum Gasteiger partial charge on any atom is -0.348 e. The second kappa shape index (κ2) is 8.48. The third-order valence-corrected chi connectivity index (χ3v) is 5.66. The van der Waals surface area contributed by atoms with Gasteiger partial charge in [0, 0.05) is 4.88 Å². The molecule has 0 aliphatic heterocycles. The van der Waals surface area contributed by atoms with Gasteiger partial charge in [-0.1, -0.05) is 51.1 Å². The van der Waals surface area contributed by atoms with Crippen molar-refractivity contribution in [2.45, 2.75) is 46.2 Å². The smallest absolute Gasteiger partial charge is 0.262 e. The van der Waals surface area contributed by atoms with E-state index >= 15 is 0 Å². The Bertz CT molecular complexity index is 976. The van der Waals surface area contributed by atoms with Crippen molar-refractivity contribution in [1.29, 1.82) is 0 Å². The van der Waals surface area contributed by atoms with Gasteiger partial charge in [0.1, 0.15) is 11.4 Å². The molecular weight excluding hydrogens is 358 g/mol. The molecule has 0 saturated heterocycles. The van der Waals surface area contributed by atoms with Gasteiger partial charge in [0.25, 0.3) is 5.56 Å². The van der Waals surface area contributed by atoms with Crippen LogP contribution in [0.1, 0.15) is 43.7 Å². The van der Waals surface area contributed by atoms with Crippen LogP contribution in [0.3, 0.4) is 0 Å². The van der Waals surface area contributed by atoms with E-state index in [1.165, 1.54) is 22.2 Å². The zero-order chi connectivity index (χ0) is 19.4. The summed E-state index contributed by atoms with van der Waals surface area (Å²) in [5.41, 5.74) is 0.914. The van der Waals surface area contributed by atoms with Crippen LogP contribution in [0.5, 0.6) is 0 Å². The van der Waals surface area contributed by atoms with Gasteiger partial charge in [0.05, 0.1) is 17.8 Å². The van der Waals surface area contributed by atoms with Gasteiger partial charge in [-0.3, -0.25) is 14.2 Å². The van der Waals surface area contributed by atoms with Crippen molar-refractivity contribution >= 4 is 27.5 Å². The number of hydrogen-bond donors (Lipinski definition) is 1. The third-order valence-electron chi connectivity index (χ3n) is 4.48. The first-order valence-electron chi connectivity index (χ1n) is 9.30. The lowest BCUT2D eigenvalue weighted by atomic mass is 9.97. The van der Waals surface area contributed by atoms with E-state index in [9.17, 15) is 9.59 Å². The molecule has 0 aliphatic carbocycles. The van der Waals surface area contributed by atoms with Crippen LogP contribution in [-0.2, 0) is 17.8 Å². The molecule has 0 fully saturated rings. The van der Waals surface area contributed by atoms with Crippen molar-refractivity contribution in [2.24, 2.45) is 5.92 Å². The zero-order valence-corrected chi connectivity index (χ0v) is 16.8. The van der Waals surface area contributed by atoms with Crippen molar-refractivity contribution in [3.8, 4) is 0 Å². The van der Waals surface area contributed by atoms with Gasteiger partial charge in [-0.05, 0) is 30.4 Å². The van der Waals surface area contributed by atoms with Crippen molar-refractivity contribution in [1.82, 2.24) is 14.9 Å². The first-order valence-corrected chi connectivity index (χ1v) is 10.1. The fourth-order valence-electron chi connectivity index (χ4n) is 3.13. The SMILES string of the molecule is CCc1cc2c(=O)n(CC(=O)NC(CC(C)C)c3ccccc3)cnc2s1. The fraction of sp³-hybridized carbons (Fsp3) is 0.381. The van der Waals surface area contributed by atoms with E-state index in [4.69, 9.17) is 0 Å². The summed E-state index contributed by atoms with van der Waals surface area (Å²) in [6.07, 6.45) is 3.18. The van der Waals surface area contributed by atoms with Gasteiger partial charge >= 0.3 is 0 Å². The highest BCUT2D eigenvalue weighted by atomic mass is 32.1. The standard InChI is InChI=1S/C21H25N3O2S/c1-4-16-11-17-20(27-16)22-13-24(21(17)26)12-19(25)23-18(10-14(2)3)15-8-6-5-7-9-15/h5-9,11,13-14,18H,4,10,12H2,1-3H3,(H,23,25). The number of aromatic nitrogens is 2. The predicted molar refractivity (Wildman–Crippen MR) is 110 cm³/mol. The number of aryl methyl sites for hydroxylation is 1. The molecule has 6 heteroatoms. The molecule has 0 bridgehead atoms. The molecule has 2 heterocycles. The van der Waals surface area contributed by atoms with E-state index in [1.807, 2.05) is 36.4 Å². The first kappa shape index (κ1) is 19.3. The molecule has 1 atom stereocenters. The zero-order valence-electron chi connectivity index (χ0n) is 15.9. The summed E-state index contributed by atoms with van der Waals surface area (Å²) in [6.45, 7) is 6.29. The van der Waals surface area contributed by atoms with E-state index in [2.05, 4.69) is 31.1 Å². The number of thiophene rings is 1. The van der Waals surface area contributed by atoms with Crippen LogP contribution in [-0.4, -0.2) is 15.5 Å².